The fourth-order valence-electron chi connectivity index (χ4n) is 4.27. The molecule has 2 aromatic heterocycles. The smallest absolute Gasteiger partial charge is 0.224 e. The summed E-state index contributed by atoms with van der Waals surface area (Å²) >= 11 is 0. The van der Waals surface area contributed by atoms with Gasteiger partial charge in [-0.2, -0.15) is 0 Å². The zero-order valence-electron chi connectivity index (χ0n) is 16.2. The molecule has 8 nitrogen and oxygen atoms in total. The minimum absolute atomic E-state index is 0.134. The monoisotopic (exact) mass is 390 g/mol. The highest BCUT2D eigenvalue weighted by Crippen LogP contribution is 2.32. The van der Waals surface area contributed by atoms with E-state index < -0.39 is 0 Å². The van der Waals surface area contributed by atoms with Crippen LogP contribution in [0.5, 0.6) is 5.75 Å². The number of nitrogens with one attached hydrogen (secondary N) is 1. The number of benzene rings is 1. The largest absolute Gasteiger partial charge is 0.496 e. The minimum atomic E-state index is 0.134. The molecule has 0 radical (unpaired) electrons. The number of carbonyl (C=O) groups is 1. The van der Waals surface area contributed by atoms with Crippen LogP contribution in [0.25, 0.3) is 17.1 Å². The van der Waals surface area contributed by atoms with E-state index in [-0.39, 0.29) is 11.8 Å². The molecule has 2 saturated heterocycles. The predicted octanol–water partition coefficient (Wildman–Crippen LogP) is 1.52. The first kappa shape index (κ1) is 17.8. The van der Waals surface area contributed by atoms with Crippen LogP contribution >= 0.6 is 0 Å². The quantitative estimate of drug-likeness (QED) is 0.711. The lowest BCUT2D eigenvalue weighted by atomic mass is 10.0. The molecular formula is C21H22N6O2. The molecule has 4 heterocycles. The van der Waals surface area contributed by atoms with Gasteiger partial charge in [0.25, 0.3) is 0 Å². The van der Waals surface area contributed by atoms with Crippen LogP contribution in [0.4, 0.5) is 0 Å². The van der Waals surface area contributed by atoms with Crippen molar-refractivity contribution in [1.29, 1.82) is 0 Å². The second kappa shape index (κ2) is 7.29. The number of amides is 1. The number of aromatic nitrogens is 4. The van der Waals surface area contributed by atoms with E-state index in [1.165, 1.54) is 5.56 Å². The Labute approximate surface area is 168 Å². The Kier molecular flexibility index (Phi) is 4.48. The van der Waals surface area contributed by atoms with E-state index in [4.69, 9.17) is 4.74 Å². The third kappa shape index (κ3) is 3.36. The van der Waals surface area contributed by atoms with Gasteiger partial charge in [-0.1, -0.05) is 6.07 Å². The lowest BCUT2D eigenvalue weighted by Gasteiger charge is -2.18. The molecule has 5 rings (SSSR count). The van der Waals surface area contributed by atoms with Crippen molar-refractivity contribution in [3.63, 3.8) is 0 Å². The number of methoxy groups -OCH3 is 1. The van der Waals surface area contributed by atoms with Gasteiger partial charge in [0.15, 0.2) is 5.82 Å². The number of nitrogens with zero attached hydrogens (tertiary/aromatic N) is 5. The fraction of sp³-hybridized carbons (Fsp3) is 0.333. The van der Waals surface area contributed by atoms with E-state index in [1.807, 2.05) is 29.0 Å². The van der Waals surface area contributed by atoms with Crippen molar-refractivity contribution in [2.45, 2.75) is 6.54 Å². The lowest BCUT2D eigenvalue weighted by Crippen LogP contribution is -2.28. The van der Waals surface area contributed by atoms with Gasteiger partial charge in [0.1, 0.15) is 12.1 Å². The van der Waals surface area contributed by atoms with Crippen molar-refractivity contribution in [2.75, 3.05) is 26.7 Å². The Hall–Kier alpha value is -3.26. The average molecular weight is 390 g/mol. The van der Waals surface area contributed by atoms with Crippen LogP contribution in [0.3, 0.4) is 0 Å². The summed E-state index contributed by atoms with van der Waals surface area (Å²) in [5.74, 6) is 2.23. The number of fused-ring (bicyclic) bond motifs is 1. The third-order valence-electron chi connectivity index (χ3n) is 5.76. The molecule has 0 saturated carbocycles. The van der Waals surface area contributed by atoms with Crippen molar-refractivity contribution in [3.05, 3.63) is 54.6 Å². The van der Waals surface area contributed by atoms with Crippen molar-refractivity contribution in [3.8, 4) is 22.8 Å². The summed E-state index contributed by atoms with van der Waals surface area (Å²) in [6.07, 6.45) is 5.23. The summed E-state index contributed by atoms with van der Waals surface area (Å²) in [5, 5.41) is 11.7. The summed E-state index contributed by atoms with van der Waals surface area (Å²) in [5.41, 5.74) is 2.83. The number of hydrogen-bond donors (Lipinski definition) is 1. The molecule has 1 N–H and O–H groups in total. The molecule has 1 aromatic carbocycles. The molecule has 0 spiro atoms. The predicted molar refractivity (Wildman–Crippen MR) is 106 cm³/mol. The van der Waals surface area contributed by atoms with Crippen LogP contribution in [-0.2, 0) is 11.3 Å². The summed E-state index contributed by atoms with van der Waals surface area (Å²) in [6, 6.07) is 10.0. The van der Waals surface area contributed by atoms with E-state index in [1.54, 1.807) is 19.6 Å². The second-order valence-corrected chi connectivity index (χ2v) is 7.59. The van der Waals surface area contributed by atoms with Crippen LogP contribution in [0.15, 0.2) is 49.1 Å². The Morgan fingerprint density at radius 1 is 1.21 bits per heavy atom. The fourth-order valence-corrected chi connectivity index (χ4v) is 4.27. The number of carbonyl (C=O) groups excluding carboxylic acids is 1. The summed E-state index contributed by atoms with van der Waals surface area (Å²) < 4.78 is 7.36. The van der Waals surface area contributed by atoms with Crippen LogP contribution in [0.2, 0.25) is 0 Å². The van der Waals surface area contributed by atoms with Gasteiger partial charge in [0, 0.05) is 50.1 Å². The topological polar surface area (TPSA) is 85.2 Å². The molecule has 2 atom stereocenters. The lowest BCUT2D eigenvalue weighted by molar-refractivity contribution is -0.122. The summed E-state index contributed by atoms with van der Waals surface area (Å²) in [6.45, 7) is 3.37. The maximum atomic E-state index is 11.9. The standard InChI is InChI=1S/C21H22N6O2/c1-29-19-4-2-14(10-26-11-15-9-23-21(28)17(15)12-26)8-16(19)18-3-5-20(25-24-18)27-7-6-22-13-27/h2-8,13,15,17H,9-12H2,1H3,(H,23,28)/t15-,17+/m0/s1. The maximum absolute atomic E-state index is 11.9. The third-order valence-corrected chi connectivity index (χ3v) is 5.76. The van der Waals surface area contributed by atoms with Crippen molar-refractivity contribution >= 4 is 5.91 Å². The van der Waals surface area contributed by atoms with E-state index >= 15 is 0 Å². The van der Waals surface area contributed by atoms with Gasteiger partial charge in [-0.25, -0.2) is 4.98 Å². The van der Waals surface area contributed by atoms with Gasteiger partial charge in [0.05, 0.1) is 18.7 Å². The number of hydrogen-bond acceptors (Lipinski definition) is 6. The van der Waals surface area contributed by atoms with Crippen molar-refractivity contribution in [2.24, 2.45) is 11.8 Å². The van der Waals surface area contributed by atoms with Gasteiger partial charge in [-0.05, 0) is 29.8 Å². The maximum Gasteiger partial charge on any atom is 0.224 e. The van der Waals surface area contributed by atoms with Gasteiger partial charge in [-0.15, -0.1) is 10.2 Å². The first-order valence-corrected chi connectivity index (χ1v) is 9.70. The highest BCUT2D eigenvalue weighted by Gasteiger charge is 2.41. The first-order valence-electron chi connectivity index (χ1n) is 9.70. The normalized spacial score (nSPS) is 21.2. The molecule has 3 aromatic rings. The number of imidazole rings is 1. The first-order chi connectivity index (χ1) is 14.2. The molecule has 0 unspecified atom stereocenters. The molecule has 29 heavy (non-hydrogen) atoms. The number of likely N-dealkylation sites (tertiary alicyclic amines) is 1. The molecule has 8 heteroatoms. The molecule has 0 aliphatic carbocycles. The molecule has 2 fully saturated rings. The highest BCUT2D eigenvalue weighted by atomic mass is 16.5. The Morgan fingerprint density at radius 2 is 2.14 bits per heavy atom. The number of ether oxygens (including phenoxy) is 1. The Bertz CT molecular complexity index is 1020. The molecule has 0 bridgehead atoms. The van der Waals surface area contributed by atoms with Crippen molar-refractivity contribution < 1.29 is 9.53 Å². The molecule has 2 aliphatic heterocycles. The zero-order valence-corrected chi connectivity index (χ0v) is 16.2. The minimum Gasteiger partial charge on any atom is -0.496 e. The van der Waals surface area contributed by atoms with Crippen LogP contribution in [-0.4, -0.2) is 57.3 Å². The second-order valence-electron chi connectivity index (χ2n) is 7.59. The van der Waals surface area contributed by atoms with E-state index in [0.29, 0.717) is 11.7 Å². The zero-order chi connectivity index (χ0) is 19.8. The Morgan fingerprint density at radius 3 is 2.86 bits per heavy atom. The van der Waals surface area contributed by atoms with Gasteiger partial charge in [0.2, 0.25) is 5.91 Å². The van der Waals surface area contributed by atoms with Crippen LogP contribution in [0.1, 0.15) is 5.56 Å². The Balaban J connectivity index is 1.38. The van der Waals surface area contributed by atoms with Gasteiger partial charge in [-0.3, -0.25) is 14.3 Å². The SMILES string of the molecule is COc1ccc(CN2C[C@@H]3CNC(=O)[C@@H]3C2)cc1-c1ccc(-n2ccnc2)nn1. The summed E-state index contributed by atoms with van der Waals surface area (Å²) in [7, 11) is 1.66. The van der Waals surface area contributed by atoms with Crippen molar-refractivity contribution in [1.82, 2.24) is 30.0 Å². The molecule has 148 valence electrons. The van der Waals surface area contributed by atoms with Gasteiger partial charge < -0.3 is 10.1 Å². The van der Waals surface area contributed by atoms with E-state index in [0.717, 1.165) is 43.2 Å². The number of rotatable bonds is 5. The molecule has 2 aliphatic rings. The van der Waals surface area contributed by atoms with Crippen LogP contribution < -0.4 is 10.1 Å². The van der Waals surface area contributed by atoms with E-state index in [2.05, 4.69) is 37.5 Å². The molecule has 1 amide bonds. The average Bonchev–Trinajstić information content (AvgIpc) is 3.48. The molecular weight excluding hydrogens is 368 g/mol. The van der Waals surface area contributed by atoms with E-state index in [9.17, 15) is 4.79 Å². The summed E-state index contributed by atoms with van der Waals surface area (Å²) in [4.78, 5) is 18.3. The highest BCUT2D eigenvalue weighted by molar-refractivity contribution is 5.81. The van der Waals surface area contributed by atoms with Crippen LogP contribution in [0, 0.1) is 11.8 Å². The van der Waals surface area contributed by atoms with Gasteiger partial charge >= 0.3 is 0 Å².